The third-order valence-corrected chi connectivity index (χ3v) is 3.24. The topological polar surface area (TPSA) is 41.1 Å². The summed E-state index contributed by atoms with van der Waals surface area (Å²) >= 11 is 1.62. The molecular formula is C9H9BN2OS. The summed E-state index contributed by atoms with van der Waals surface area (Å²) in [7, 11) is 5.27. The molecule has 0 spiro atoms. The zero-order valence-corrected chi connectivity index (χ0v) is 8.30. The summed E-state index contributed by atoms with van der Waals surface area (Å²) in [6.07, 6.45) is 0. The number of rotatable bonds is 1. The lowest BCUT2D eigenvalue weighted by Crippen LogP contribution is -2.40. The highest BCUT2D eigenvalue weighted by atomic mass is 32.2. The van der Waals surface area contributed by atoms with Gasteiger partial charge in [-0.15, -0.1) is 11.8 Å². The van der Waals surface area contributed by atoms with E-state index in [4.69, 9.17) is 7.98 Å². The van der Waals surface area contributed by atoms with Crippen LogP contribution in [0.2, 0.25) is 0 Å². The fraction of sp³-hybridized carbons (Fsp3) is 0.222. The molecule has 2 radical (unpaired) electrons. The molecule has 1 amide bonds. The zero-order chi connectivity index (χ0) is 9.97. The molecule has 1 atom stereocenters. The van der Waals surface area contributed by atoms with Crippen LogP contribution in [0.25, 0.3) is 0 Å². The van der Waals surface area contributed by atoms with E-state index >= 15 is 0 Å². The van der Waals surface area contributed by atoms with Gasteiger partial charge in [-0.2, -0.15) is 0 Å². The van der Waals surface area contributed by atoms with Crippen molar-refractivity contribution in [1.82, 2.24) is 5.23 Å². The molecule has 1 aromatic rings. The molecule has 1 aromatic carbocycles. The van der Waals surface area contributed by atoms with Gasteiger partial charge >= 0.3 is 0 Å². The minimum atomic E-state index is -0.326. The molecule has 1 aliphatic rings. The Morgan fingerprint density at radius 3 is 3.07 bits per heavy atom. The molecule has 0 aromatic heterocycles. The molecule has 2 rings (SSSR count). The van der Waals surface area contributed by atoms with Crippen LogP contribution in [0.3, 0.4) is 0 Å². The van der Waals surface area contributed by atoms with Gasteiger partial charge < -0.3 is 10.5 Å². The molecule has 2 N–H and O–H groups in total. The lowest BCUT2D eigenvalue weighted by Gasteiger charge is -2.10. The highest BCUT2D eigenvalue weighted by molar-refractivity contribution is 7.99. The molecule has 1 aliphatic heterocycles. The first-order chi connectivity index (χ1) is 6.81. The number of carbonyl (C=O) groups excluding carboxylic acids is 1. The first kappa shape index (κ1) is 9.61. The quantitative estimate of drug-likeness (QED) is 0.664. The van der Waals surface area contributed by atoms with Crippen LogP contribution in [-0.2, 0) is 4.79 Å². The van der Waals surface area contributed by atoms with Gasteiger partial charge in [0.1, 0.15) is 0 Å². The van der Waals surface area contributed by atoms with E-state index in [-0.39, 0.29) is 11.9 Å². The number of benzene rings is 1. The van der Waals surface area contributed by atoms with Crippen molar-refractivity contribution in [2.75, 3.05) is 11.1 Å². The molecule has 1 heterocycles. The molecule has 0 aliphatic carbocycles. The van der Waals surface area contributed by atoms with E-state index in [1.54, 1.807) is 11.8 Å². The second kappa shape index (κ2) is 4.06. The SMILES string of the molecule is [B]N[C@H]1CSc2ccccc2NC1=O. The van der Waals surface area contributed by atoms with Crippen LogP contribution < -0.4 is 10.5 Å². The Balaban J connectivity index is 2.28. The normalized spacial score (nSPS) is 20.9. The van der Waals surface area contributed by atoms with Crippen molar-refractivity contribution in [1.29, 1.82) is 0 Å². The average Bonchev–Trinajstić information content (AvgIpc) is 2.36. The van der Waals surface area contributed by atoms with E-state index in [0.29, 0.717) is 5.75 Å². The first-order valence-corrected chi connectivity index (χ1v) is 5.28. The van der Waals surface area contributed by atoms with Crippen LogP contribution in [-0.4, -0.2) is 25.7 Å². The smallest absolute Gasteiger partial charge is 0.241 e. The van der Waals surface area contributed by atoms with Crippen LogP contribution in [0.4, 0.5) is 5.69 Å². The fourth-order valence-corrected chi connectivity index (χ4v) is 2.33. The molecule has 0 bridgehead atoms. The maximum atomic E-state index is 11.5. The van der Waals surface area contributed by atoms with Gasteiger partial charge in [-0.25, -0.2) is 0 Å². The Hall–Kier alpha value is -0.935. The van der Waals surface area contributed by atoms with E-state index in [1.807, 2.05) is 24.3 Å². The van der Waals surface area contributed by atoms with Gasteiger partial charge in [0.25, 0.3) is 0 Å². The largest absolute Gasteiger partial charge is 0.355 e. The summed E-state index contributed by atoms with van der Waals surface area (Å²) in [5.74, 6) is 0.573. The Morgan fingerprint density at radius 2 is 2.29 bits per heavy atom. The highest BCUT2D eigenvalue weighted by Gasteiger charge is 2.21. The van der Waals surface area contributed by atoms with E-state index in [0.717, 1.165) is 10.6 Å². The predicted molar refractivity (Wildman–Crippen MR) is 58.5 cm³/mol. The number of amides is 1. The Kier molecular flexibility index (Phi) is 2.79. The summed E-state index contributed by atoms with van der Waals surface area (Å²) in [6.45, 7) is 0. The Bertz CT molecular complexity index is 358. The highest BCUT2D eigenvalue weighted by Crippen LogP contribution is 2.29. The van der Waals surface area contributed by atoms with Gasteiger partial charge in [0, 0.05) is 10.6 Å². The summed E-state index contributed by atoms with van der Waals surface area (Å²) in [5, 5.41) is 5.32. The molecule has 0 fully saturated rings. The van der Waals surface area contributed by atoms with Crippen molar-refractivity contribution >= 4 is 31.3 Å². The Morgan fingerprint density at radius 1 is 1.50 bits per heavy atom. The lowest BCUT2D eigenvalue weighted by molar-refractivity contribution is -0.117. The zero-order valence-electron chi connectivity index (χ0n) is 7.49. The number of fused-ring (bicyclic) bond motifs is 1. The van der Waals surface area contributed by atoms with Crippen LogP contribution in [0.15, 0.2) is 29.2 Å². The molecule has 0 saturated heterocycles. The monoisotopic (exact) mass is 204 g/mol. The van der Waals surface area contributed by atoms with E-state index in [1.165, 1.54) is 0 Å². The summed E-state index contributed by atoms with van der Waals surface area (Å²) in [6, 6.07) is 7.40. The van der Waals surface area contributed by atoms with Gasteiger partial charge in [0.15, 0.2) is 7.98 Å². The number of carbonyl (C=O) groups is 1. The first-order valence-electron chi connectivity index (χ1n) is 4.30. The predicted octanol–water partition coefficient (Wildman–Crippen LogP) is 0.772. The standard InChI is InChI=1S/C9H9BN2OS/c10-12-7-5-14-8-4-2-1-3-6(8)11-9(7)13/h1-4,7,12H,5H2,(H,11,13)/t7-/m0/s1. The number of anilines is 1. The van der Waals surface area contributed by atoms with Gasteiger partial charge in [-0.3, -0.25) is 4.79 Å². The molecule has 0 saturated carbocycles. The minimum Gasteiger partial charge on any atom is -0.355 e. The number of hydrogen-bond donors (Lipinski definition) is 2. The number of para-hydroxylation sites is 1. The summed E-state index contributed by atoms with van der Waals surface area (Å²) in [4.78, 5) is 12.6. The van der Waals surface area contributed by atoms with E-state index in [9.17, 15) is 4.79 Å². The maximum Gasteiger partial charge on any atom is 0.241 e. The molecular weight excluding hydrogens is 195 g/mol. The third kappa shape index (κ3) is 1.78. The van der Waals surface area contributed by atoms with Crippen LogP contribution in [0.5, 0.6) is 0 Å². The molecule has 70 valence electrons. The lowest BCUT2D eigenvalue weighted by atomic mass is 10.2. The minimum absolute atomic E-state index is 0.0787. The number of nitrogens with one attached hydrogen (secondary N) is 2. The van der Waals surface area contributed by atoms with Crippen LogP contribution >= 0.6 is 11.8 Å². The van der Waals surface area contributed by atoms with Crippen LogP contribution in [0.1, 0.15) is 0 Å². The van der Waals surface area contributed by atoms with Crippen molar-refractivity contribution in [3.63, 3.8) is 0 Å². The van der Waals surface area contributed by atoms with Crippen molar-refractivity contribution < 1.29 is 4.79 Å². The third-order valence-electron chi connectivity index (χ3n) is 2.07. The molecule has 0 unspecified atom stereocenters. The van der Waals surface area contributed by atoms with E-state index < -0.39 is 0 Å². The van der Waals surface area contributed by atoms with Crippen molar-refractivity contribution in [3.8, 4) is 0 Å². The Labute approximate surface area is 88.1 Å². The van der Waals surface area contributed by atoms with E-state index in [2.05, 4.69) is 10.5 Å². The second-order valence-electron chi connectivity index (χ2n) is 3.02. The van der Waals surface area contributed by atoms with Gasteiger partial charge in [0.05, 0.1) is 11.7 Å². The number of thioether (sulfide) groups is 1. The molecule has 3 nitrogen and oxygen atoms in total. The average molecular weight is 204 g/mol. The summed E-state index contributed by atoms with van der Waals surface area (Å²) in [5.41, 5.74) is 0.861. The molecule has 5 heteroatoms. The molecule has 14 heavy (non-hydrogen) atoms. The van der Waals surface area contributed by atoms with Gasteiger partial charge in [0.2, 0.25) is 5.91 Å². The maximum absolute atomic E-state index is 11.5. The van der Waals surface area contributed by atoms with Crippen molar-refractivity contribution in [2.45, 2.75) is 10.9 Å². The summed E-state index contributed by atoms with van der Waals surface area (Å²) < 4.78 is 0. The van der Waals surface area contributed by atoms with Crippen LogP contribution in [0, 0.1) is 0 Å². The fourth-order valence-electron chi connectivity index (χ4n) is 1.29. The number of hydrogen-bond acceptors (Lipinski definition) is 3. The van der Waals surface area contributed by atoms with Crippen molar-refractivity contribution in [2.24, 2.45) is 0 Å². The van der Waals surface area contributed by atoms with Crippen molar-refractivity contribution in [3.05, 3.63) is 24.3 Å². The second-order valence-corrected chi connectivity index (χ2v) is 4.08. The van der Waals surface area contributed by atoms with Gasteiger partial charge in [-0.1, -0.05) is 12.1 Å². The van der Waals surface area contributed by atoms with Gasteiger partial charge in [-0.05, 0) is 12.1 Å².